The molecule has 2 aromatic heterocycles. The number of furan rings is 1. The zero-order valence-corrected chi connectivity index (χ0v) is 13.5. The Morgan fingerprint density at radius 2 is 2.29 bits per heavy atom. The molecular weight excluding hydrogens is 332 g/mol. The maximum atomic E-state index is 12.6. The summed E-state index contributed by atoms with van der Waals surface area (Å²) >= 11 is 6.20. The third-order valence-electron chi connectivity index (χ3n) is 4.12. The van der Waals surface area contributed by atoms with Gasteiger partial charge in [0.25, 0.3) is 11.8 Å². The number of fused-ring (bicyclic) bond motifs is 2. The first-order chi connectivity index (χ1) is 11.5. The van der Waals surface area contributed by atoms with Gasteiger partial charge >= 0.3 is 0 Å². The van der Waals surface area contributed by atoms with Crippen molar-refractivity contribution in [3.63, 3.8) is 0 Å². The molecule has 0 saturated heterocycles. The zero-order chi connectivity index (χ0) is 16.8. The molecule has 0 aliphatic carbocycles. The van der Waals surface area contributed by atoms with Crippen molar-refractivity contribution in [2.75, 3.05) is 18.9 Å². The average molecular weight is 345 g/mol. The third kappa shape index (κ3) is 2.25. The van der Waals surface area contributed by atoms with Crippen LogP contribution < -0.4 is 5.32 Å². The van der Waals surface area contributed by atoms with Gasteiger partial charge in [-0.15, -0.1) is 0 Å². The first kappa shape index (κ1) is 14.8. The Hall–Kier alpha value is -2.80. The summed E-state index contributed by atoms with van der Waals surface area (Å²) in [7, 11) is 1.70. The number of benzene rings is 1. The molecule has 8 heteroatoms. The van der Waals surface area contributed by atoms with E-state index in [0.29, 0.717) is 35.0 Å². The predicted octanol–water partition coefficient (Wildman–Crippen LogP) is 2.69. The van der Waals surface area contributed by atoms with E-state index < -0.39 is 5.91 Å². The first-order valence-corrected chi connectivity index (χ1v) is 7.72. The molecule has 0 spiro atoms. The lowest BCUT2D eigenvalue weighted by atomic mass is 10.0. The number of aromatic nitrogens is 2. The van der Waals surface area contributed by atoms with E-state index in [1.54, 1.807) is 30.3 Å². The van der Waals surface area contributed by atoms with Crippen molar-refractivity contribution in [3.8, 4) is 0 Å². The van der Waals surface area contributed by atoms with Gasteiger partial charge in [-0.3, -0.25) is 14.7 Å². The number of carbonyl (C=O) groups is 2. The molecule has 1 aromatic carbocycles. The van der Waals surface area contributed by atoms with E-state index in [0.717, 1.165) is 10.9 Å². The molecule has 24 heavy (non-hydrogen) atoms. The lowest BCUT2D eigenvalue weighted by Gasteiger charge is -2.21. The number of nitrogens with one attached hydrogen (secondary N) is 2. The molecule has 0 atom stereocenters. The van der Waals surface area contributed by atoms with Gasteiger partial charge in [-0.25, -0.2) is 0 Å². The van der Waals surface area contributed by atoms with Crippen molar-refractivity contribution in [2.24, 2.45) is 0 Å². The molecule has 2 N–H and O–H groups in total. The summed E-state index contributed by atoms with van der Waals surface area (Å²) in [5.74, 6) is -0.112. The lowest BCUT2D eigenvalue weighted by Crippen LogP contribution is -2.34. The van der Waals surface area contributed by atoms with Crippen LogP contribution in [0, 0.1) is 0 Å². The molecule has 0 radical (unpaired) electrons. The SMILES string of the molecule is CN1CCc2occ(C(=O)Nc3cc4cn[nH]c4cc3Cl)c2C1=O. The third-order valence-corrected chi connectivity index (χ3v) is 4.44. The Labute approximate surface area is 141 Å². The van der Waals surface area contributed by atoms with Crippen LogP contribution in [0.3, 0.4) is 0 Å². The molecule has 0 unspecified atom stereocenters. The highest BCUT2D eigenvalue weighted by atomic mass is 35.5. The summed E-state index contributed by atoms with van der Waals surface area (Å²) in [6, 6.07) is 3.41. The van der Waals surface area contributed by atoms with Crippen LogP contribution in [0.2, 0.25) is 5.02 Å². The molecule has 1 aliphatic rings. The average Bonchev–Trinajstić information content (AvgIpc) is 3.17. The Balaban J connectivity index is 1.68. The Morgan fingerprint density at radius 3 is 3.12 bits per heavy atom. The number of hydrogen-bond acceptors (Lipinski definition) is 4. The monoisotopic (exact) mass is 344 g/mol. The fourth-order valence-corrected chi connectivity index (χ4v) is 3.01. The van der Waals surface area contributed by atoms with Crippen LogP contribution >= 0.6 is 11.6 Å². The number of carbonyl (C=O) groups excluding carboxylic acids is 2. The van der Waals surface area contributed by atoms with E-state index in [1.807, 2.05) is 0 Å². The van der Waals surface area contributed by atoms with Crippen LogP contribution in [0.4, 0.5) is 5.69 Å². The molecule has 0 saturated carbocycles. The Bertz CT molecular complexity index is 975. The molecule has 7 nitrogen and oxygen atoms in total. The normalized spacial score (nSPS) is 14.1. The topological polar surface area (TPSA) is 91.2 Å². The highest BCUT2D eigenvalue weighted by Crippen LogP contribution is 2.29. The summed E-state index contributed by atoms with van der Waals surface area (Å²) in [5.41, 5.74) is 1.75. The van der Waals surface area contributed by atoms with Gasteiger partial charge in [0.15, 0.2) is 0 Å². The van der Waals surface area contributed by atoms with E-state index in [4.69, 9.17) is 16.0 Å². The maximum absolute atomic E-state index is 12.6. The standard InChI is InChI=1S/C16H13ClN4O3/c1-21-3-2-13-14(16(21)23)9(7-24-13)15(22)19-12-4-8-6-18-20-11(8)5-10(12)17/h4-7H,2-3H2,1H3,(H,18,20)(H,19,22). The second kappa shape index (κ2) is 5.38. The van der Waals surface area contributed by atoms with E-state index in [2.05, 4.69) is 15.5 Å². The highest BCUT2D eigenvalue weighted by molar-refractivity contribution is 6.34. The minimum atomic E-state index is -0.437. The second-order valence-electron chi connectivity index (χ2n) is 5.67. The minimum absolute atomic E-state index is 0.213. The summed E-state index contributed by atoms with van der Waals surface area (Å²) in [6.07, 6.45) is 3.55. The van der Waals surface area contributed by atoms with Crippen molar-refractivity contribution >= 4 is 40.0 Å². The molecule has 2 amide bonds. The van der Waals surface area contributed by atoms with Crippen LogP contribution in [0.15, 0.2) is 29.0 Å². The maximum Gasteiger partial charge on any atom is 0.259 e. The van der Waals surface area contributed by atoms with Crippen LogP contribution in [-0.2, 0) is 6.42 Å². The van der Waals surface area contributed by atoms with Crippen molar-refractivity contribution in [1.29, 1.82) is 0 Å². The highest BCUT2D eigenvalue weighted by Gasteiger charge is 2.31. The number of amides is 2. The quantitative estimate of drug-likeness (QED) is 0.747. The lowest BCUT2D eigenvalue weighted by molar-refractivity contribution is 0.0770. The fourth-order valence-electron chi connectivity index (χ4n) is 2.80. The fraction of sp³-hybridized carbons (Fsp3) is 0.188. The van der Waals surface area contributed by atoms with Crippen LogP contribution in [0.5, 0.6) is 0 Å². The molecule has 0 fully saturated rings. The summed E-state index contributed by atoms with van der Waals surface area (Å²) in [6.45, 7) is 0.573. The van der Waals surface area contributed by atoms with Crippen LogP contribution in [0.1, 0.15) is 26.5 Å². The number of nitrogens with zero attached hydrogens (tertiary/aromatic N) is 2. The van der Waals surface area contributed by atoms with Gasteiger partial charge in [0, 0.05) is 25.4 Å². The minimum Gasteiger partial charge on any atom is -0.468 e. The number of aromatic amines is 1. The van der Waals surface area contributed by atoms with Gasteiger partial charge in [0.05, 0.1) is 33.6 Å². The molecule has 122 valence electrons. The number of hydrogen-bond donors (Lipinski definition) is 2. The predicted molar refractivity (Wildman–Crippen MR) is 88.4 cm³/mol. The summed E-state index contributed by atoms with van der Waals surface area (Å²) in [5, 5.41) is 10.7. The largest absolute Gasteiger partial charge is 0.468 e. The summed E-state index contributed by atoms with van der Waals surface area (Å²) in [4.78, 5) is 26.5. The van der Waals surface area contributed by atoms with Crippen molar-refractivity contribution in [1.82, 2.24) is 15.1 Å². The number of anilines is 1. The Kier molecular flexibility index (Phi) is 3.31. The van der Waals surface area contributed by atoms with Crippen molar-refractivity contribution < 1.29 is 14.0 Å². The first-order valence-electron chi connectivity index (χ1n) is 7.34. The van der Waals surface area contributed by atoms with E-state index >= 15 is 0 Å². The van der Waals surface area contributed by atoms with Gasteiger partial charge < -0.3 is 14.6 Å². The van der Waals surface area contributed by atoms with E-state index in [1.165, 1.54) is 6.26 Å². The molecule has 3 aromatic rings. The molecule has 4 rings (SSSR count). The zero-order valence-electron chi connectivity index (χ0n) is 12.7. The van der Waals surface area contributed by atoms with Crippen LogP contribution in [0.25, 0.3) is 10.9 Å². The summed E-state index contributed by atoms with van der Waals surface area (Å²) < 4.78 is 5.40. The second-order valence-corrected chi connectivity index (χ2v) is 6.07. The molecule has 3 heterocycles. The van der Waals surface area contributed by atoms with E-state index in [9.17, 15) is 9.59 Å². The van der Waals surface area contributed by atoms with Gasteiger partial charge in [-0.1, -0.05) is 11.6 Å². The van der Waals surface area contributed by atoms with Crippen molar-refractivity contribution in [3.05, 3.63) is 46.5 Å². The van der Waals surface area contributed by atoms with Crippen molar-refractivity contribution in [2.45, 2.75) is 6.42 Å². The van der Waals surface area contributed by atoms with Gasteiger partial charge in [0.1, 0.15) is 12.0 Å². The van der Waals surface area contributed by atoms with E-state index in [-0.39, 0.29) is 11.5 Å². The van der Waals surface area contributed by atoms with Gasteiger partial charge in [-0.05, 0) is 12.1 Å². The smallest absolute Gasteiger partial charge is 0.259 e. The number of rotatable bonds is 2. The molecule has 1 aliphatic heterocycles. The molecular formula is C16H13ClN4O3. The number of halogens is 1. The van der Waals surface area contributed by atoms with Crippen LogP contribution in [-0.4, -0.2) is 40.5 Å². The van der Waals surface area contributed by atoms with Gasteiger partial charge in [-0.2, -0.15) is 5.10 Å². The van der Waals surface area contributed by atoms with Gasteiger partial charge in [0.2, 0.25) is 0 Å². The Morgan fingerprint density at radius 1 is 1.46 bits per heavy atom. The molecule has 0 bridgehead atoms. The number of H-pyrrole nitrogens is 1. The number of likely N-dealkylation sites (N-methyl/N-ethyl adjacent to an activating group) is 1.